The van der Waals surface area contributed by atoms with Crippen LogP contribution < -0.4 is 0 Å². The van der Waals surface area contributed by atoms with E-state index < -0.39 is 0 Å². The number of aromatic hydroxyl groups is 1. The van der Waals surface area contributed by atoms with E-state index in [9.17, 15) is 5.11 Å². The highest BCUT2D eigenvalue weighted by Gasteiger charge is 2.21. The van der Waals surface area contributed by atoms with Crippen molar-refractivity contribution in [3.05, 3.63) is 63.6 Å². The monoisotopic (exact) mass is 345 g/mol. The van der Waals surface area contributed by atoms with Gasteiger partial charge < -0.3 is 5.11 Å². The van der Waals surface area contributed by atoms with Gasteiger partial charge in [0.15, 0.2) is 0 Å². The van der Waals surface area contributed by atoms with Crippen LogP contribution in [0.5, 0.6) is 5.75 Å². The average Bonchev–Trinajstić information content (AvgIpc) is 2.71. The van der Waals surface area contributed by atoms with E-state index in [1.165, 1.54) is 11.1 Å². The first kappa shape index (κ1) is 14.6. The van der Waals surface area contributed by atoms with Crippen LogP contribution in [0.1, 0.15) is 29.7 Å². The fourth-order valence-electron chi connectivity index (χ4n) is 3.13. The quantitative estimate of drug-likeness (QED) is 0.876. The number of phenols is 1. The Morgan fingerprint density at radius 2 is 1.67 bits per heavy atom. The van der Waals surface area contributed by atoms with Crippen LogP contribution in [0.15, 0.2) is 46.9 Å². The Bertz CT molecular complexity index is 614. The molecule has 2 nitrogen and oxygen atoms in total. The van der Waals surface area contributed by atoms with Crippen molar-refractivity contribution in [1.82, 2.24) is 4.90 Å². The second kappa shape index (κ2) is 6.20. The van der Waals surface area contributed by atoms with Crippen LogP contribution in [-0.4, -0.2) is 23.1 Å². The number of nitrogens with zero attached hydrogens (tertiary/aromatic N) is 1. The Balaban J connectivity index is 1.80. The van der Waals surface area contributed by atoms with Crippen LogP contribution in [-0.2, 0) is 12.8 Å². The summed E-state index contributed by atoms with van der Waals surface area (Å²) < 4.78 is 1.01. The molecule has 0 radical (unpaired) electrons. The number of rotatable bonds is 2. The molecule has 0 aliphatic carbocycles. The molecule has 110 valence electrons. The minimum atomic E-state index is 0.219. The maximum absolute atomic E-state index is 10.1. The molecular formula is C18H20BrNO. The molecule has 1 heterocycles. The average molecular weight is 346 g/mol. The van der Waals surface area contributed by atoms with Gasteiger partial charge in [-0.25, -0.2) is 0 Å². The molecule has 1 N–H and O–H groups in total. The lowest BCUT2D eigenvalue weighted by atomic mass is 10.0. The Labute approximate surface area is 134 Å². The molecule has 3 rings (SSSR count). The molecule has 0 fully saturated rings. The third kappa shape index (κ3) is 3.14. The second-order valence-corrected chi connectivity index (χ2v) is 6.60. The minimum Gasteiger partial charge on any atom is -0.508 e. The van der Waals surface area contributed by atoms with Gasteiger partial charge in [0.25, 0.3) is 0 Å². The van der Waals surface area contributed by atoms with Gasteiger partial charge in [-0.15, -0.1) is 0 Å². The van der Waals surface area contributed by atoms with Gasteiger partial charge in [0, 0.05) is 29.2 Å². The van der Waals surface area contributed by atoms with Crippen LogP contribution >= 0.6 is 15.9 Å². The summed E-state index contributed by atoms with van der Waals surface area (Å²) >= 11 is 3.50. The van der Waals surface area contributed by atoms with Crippen molar-refractivity contribution < 1.29 is 5.11 Å². The van der Waals surface area contributed by atoms with Gasteiger partial charge in [-0.1, -0.05) is 40.2 Å². The summed E-state index contributed by atoms with van der Waals surface area (Å²) in [4.78, 5) is 2.46. The lowest BCUT2D eigenvalue weighted by Crippen LogP contribution is -2.29. The molecule has 3 heteroatoms. The molecule has 1 aliphatic rings. The smallest absolute Gasteiger partial charge is 0.120 e. The topological polar surface area (TPSA) is 23.5 Å². The van der Waals surface area contributed by atoms with Gasteiger partial charge in [0.05, 0.1) is 0 Å². The van der Waals surface area contributed by atoms with E-state index in [1.54, 1.807) is 6.07 Å². The van der Waals surface area contributed by atoms with Crippen molar-refractivity contribution in [1.29, 1.82) is 0 Å². The van der Waals surface area contributed by atoms with Gasteiger partial charge in [0.1, 0.15) is 5.75 Å². The molecule has 1 aliphatic heterocycles. The minimum absolute atomic E-state index is 0.219. The van der Waals surface area contributed by atoms with E-state index in [2.05, 4.69) is 52.0 Å². The first-order valence-corrected chi connectivity index (χ1v) is 8.23. The third-order valence-electron chi connectivity index (χ3n) is 4.44. The van der Waals surface area contributed by atoms with Gasteiger partial charge in [0.2, 0.25) is 0 Å². The van der Waals surface area contributed by atoms with Crippen LogP contribution in [0.2, 0.25) is 0 Å². The van der Waals surface area contributed by atoms with Gasteiger partial charge in [-0.2, -0.15) is 0 Å². The highest BCUT2D eigenvalue weighted by atomic mass is 79.9. The zero-order chi connectivity index (χ0) is 14.8. The summed E-state index contributed by atoms with van der Waals surface area (Å²) in [5.74, 6) is 0.382. The molecule has 2 aromatic rings. The van der Waals surface area contributed by atoms with Crippen molar-refractivity contribution >= 4 is 15.9 Å². The molecule has 0 aromatic heterocycles. The van der Waals surface area contributed by atoms with E-state index in [-0.39, 0.29) is 6.04 Å². The van der Waals surface area contributed by atoms with Crippen molar-refractivity contribution in [3.63, 3.8) is 0 Å². The Hall–Kier alpha value is -1.32. The van der Waals surface area contributed by atoms with Crippen molar-refractivity contribution in [2.75, 3.05) is 13.1 Å². The highest BCUT2D eigenvalue weighted by Crippen LogP contribution is 2.32. The van der Waals surface area contributed by atoms with Crippen LogP contribution in [0.4, 0.5) is 0 Å². The summed E-state index contributed by atoms with van der Waals surface area (Å²) in [5.41, 5.74) is 3.92. The SMILES string of the molecule is CC(c1cc(Br)ccc1O)N1CCc2ccccc2CC1. The summed E-state index contributed by atoms with van der Waals surface area (Å²) in [7, 11) is 0. The molecule has 1 atom stereocenters. The van der Waals surface area contributed by atoms with Crippen molar-refractivity contribution in [3.8, 4) is 5.75 Å². The van der Waals surface area contributed by atoms with Gasteiger partial charge in [-0.3, -0.25) is 4.90 Å². The van der Waals surface area contributed by atoms with E-state index >= 15 is 0 Å². The molecule has 0 spiro atoms. The van der Waals surface area contributed by atoms with Gasteiger partial charge in [-0.05, 0) is 49.1 Å². The fourth-order valence-corrected chi connectivity index (χ4v) is 3.51. The van der Waals surface area contributed by atoms with Crippen LogP contribution in [0.25, 0.3) is 0 Å². The Morgan fingerprint density at radius 1 is 1.05 bits per heavy atom. The van der Waals surface area contributed by atoms with Gasteiger partial charge >= 0.3 is 0 Å². The summed E-state index contributed by atoms with van der Waals surface area (Å²) in [6.07, 6.45) is 2.16. The normalized spacial score (nSPS) is 17.0. The summed E-state index contributed by atoms with van der Waals surface area (Å²) in [5, 5.41) is 10.1. The molecular weight excluding hydrogens is 326 g/mol. The lowest BCUT2D eigenvalue weighted by molar-refractivity contribution is 0.217. The molecule has 0 bridgehead atoms. The standard InChI is InChI=1S/C18H20BrNO/c1-13(17-12-16(19)6-7-18(17)21)20-10-8-14-4-2-3-5-15(14)9-11-20/h2-7,12-13,21H,8-11H2,1H3. The fraction of sp³-hybridized carbons (Fsp3) is 0.333. The Morgan fingerprint density at radius 3 is 2.29 bits per heavy atom. The predicted molar refractivity (Wildman–Crippen MR) is 89.6 cm³/mol. The zero-order valence-corrected chi connectivity index (χ0v) is 13.8. The van der Waals surface area contributed by atoms with E-state index in [1.807, 2.05) is 12.1 Å². The van der Waals surface area contributed by atoms with E-state index in [0.29, 0.717) is 5.75 Å². The molecule has 0 saturated carbocycles. The van der Waals surface area contributed by atoms with Crippen molar-refractivity contribution in [2.24, 2.45) is 0 Å². The number of phenolic OH excluding ortho intramolecular Hbond substituents is 1. The summed E-state index contributed by atoms with van der Waals surface area (Å²) in [6.45, 7) is 4.24. The van der Waals surface area contributed by atoms with Crippen LogP contribution in [0, 0.1) is 0 Å². The zero-order valence-electron chi connectivity index (χ0n) is 12.2. The van der Waals surface area contributed by atoms with E-state index in [0.717, 1.165) is 36.0 Å². The van der Waals surface area contributed by atoms with Crippen molar-refractivity contribution in [2.45, 2.75) is 25.8 Å². The number of halogens is 1. The largest absolute Gasteiger partial charge is 0.508 e. The first-order valence-electron chi connectivity index (χ1n) is 7.44. The number of hydrogen-bond donors (Lipinski definition) is 1. The molecule has 1 unspecified atom stereocenters. The highest BCUT2D eigenvalue weighted by molar-refractivity contribution is 9.10. The molecule has 0 amide bonds. The number of benzene rings is 2. The Kier molecular flexibility index (Phi) is 4.32. The van der Waals surface area contributed by atoms with E-state index in [4.69, 9.17) is 0 Å². The maximum Gasteiger partial charge on any atom is 0.120 e. The van der Waals surface area contributed by atoms with Crippen LogP contribution in [0.3, 0.4) is 0 Å². The number of fused-ring (bicyclic) bond motifs is 1. The lowest BCUT2D eigenvalue weighted by Gasteiger charge is -2.28. The number of hydrogen-bond acceptors (Lipinski definition) is 2. The molecule has 2 aromatic carbocycles. The molecule has 21 heavy (non-hydrogen) atoms. The predicted octanol–water partition coefficient (Wildman–Crippen LogP) is 4.32. The molecule has 0 saturated heterocycles. The maximum atomic E-state index is 10.1. The second-order valence-electron chi connectivity index (χ2n) is 5.68. The first-order chi connectivity index (χ1) is 10.1. The summed E-state index contributed by atoms with van der Waals surface area (Å²) in [6, 6.07) is 14.6. The third-order valence-corrected chi connectivity index (χ3v) is 4.94.